The minimum atomic E-state index is 0.758. The molecule has 1 fully saturated rings. The minimum Gasteiger partial charge on any atom is -0.317 e. The van der Waals surface area contributed by atoms with Crippen molar-refractivity contribution in [1.82, 2.24) is 15.1 Å². The highest BCUT2D eigenvalue weighted by atomic mass is 15.2. The van der Waals surface area contributed by atoms with E-state index >= 15 is 0 Å². The Labute approximate surface area is 108 Å². The Morgan fingerprint density at radius 3 is 2.47 bits per heavy atom. The highest BCUT2D eigenvalue weighted by molar-refractivity contribution is 4.84. The van der Waals surface area contributed by atoms with E-state index in [4.69, 9.17) is 0 Å². The average Bonchev–Trinajstić information content (AvgIpc) is 2.73. The fraction of sp³-hybridized carbons (Fsp3) is 1.00. The van der Waals surface area contributed by atoms with E-state index in [1.165, 1.54) is 51.9 Å². The molecule has 0 aliphatic heterocycles. The van der Waals surface area contributed by atoms with Crippen molar-refractivity contribution in [2.45, 2.75) is 38.6 Å². The van der Waals surface area contributed by atoms with Crippen LogP contribution in [0.15, 0.2) is 0 Å². The second-order valence-corrected chi connectivity index (χ2v) is 5.69. The van der Waals surface area contributed by atoms with Crippen LogP contribution in [0.4, 0.5) is 0 Å². The molecule has 0 spiro atoms. The second-order valence-electron chi connectivity index (χ2n) is 5.69. The van der Waals surface area contributed by atoms with Crippen LogP contribution in [0.2, 0.25) is 0 Å². The number of nitrogens with one attached hydrogen (secondary N) is 1. The Kier molecular flexibility index (Phi) is 7.09. The Balaban J connectivity index is 2.36. The van der Waals surface area contributed by atoms with E-state index < -0.39 is 0 Å². The molecule has 1 aliphatic carbocycles. The van der Waals surface area contributed by atoms with Crippen LogP contribution in [0.1, 0.15) is 32.6 Å². The van der Waals surface area contributed by atoms with Gasteiger partial charge in [-0.1, -0.05) is 13.3 Å². The van der Waals surface area contributed by atoms with Gasteiger partial charge in [-0.3, -0.25) is 0 Å². The molecule has 0 saturated heterocycles. The van der Waals surface area contributed by atoms with Crippen molar-refractivity contribution in [2.75, 3.05) is 47.3 Å². The van der Waals surface area contributed by atoms with Crippen LogP contribution in [-0.4, -0.2) is 63.2 Å². The molecule has 2 atom stereocenters. The molecule has 2 unspecified atom stereocenters. The molecule has 0 aromatic carbocycles. The van der Waals surface area contributed by atoms with E-state index in [1.54, 1.807) is 0 Å². The molecule has 3 heteroatoms. The molecule has 0 heterocycles. The van der Waals surface area contributed by atoms with E-state index in [1.807, 2.05) is 0 Å². The molecule has 1 rings (SSSR count). The molecule has 0 radical (unpaired) electrons. The van der Waals surface area contributed by atoms with Crippen LogP contribution < -0.4 is 5.32 Å². The van der Waals surface area contributed by atoms with Gasteiger partial charge in [-0.05, 0) is 52.9 Å². The Morgan fingerprint density at radius 1 is 1.12 bits per heavy atom. The second kappa shape index (κ2) is 8.06. The van der Waals surface area contributed by atoms with Gasteiger partial charge in [0.05, 0.1) is 0 Å². The van der Waals surface area contributed by atoms with Gasteiger partial charge in [0.1, 0.15) is 0 Å². The van der Waals surface area contributed by atoms with Crippen LogP contribution in [0, 0.1) is 5.92 Å². The molecule has 0 aromatic rings. The Morgan fingerprint density at radius 2 is 1.88 bits per heavy atom. The highest BCUT2D eigenvalue weighted by Crippen LogP contribution is 2.26. The van der Waals surface area contributed by atoms with E-state index in [0.29, 0.717) is 0 Å². The summed E-state index contributed by atoms with van der Waals surface area (Å²) in [6, 6.07) is 0.758. The van der Waals surface area contributed by atoms with Crippen LogP contribution in [-0.2, 0) is 0 Å². The van der Waals surface area contributed by atoms with Crippen molar-refractivity contribution in [3.05, 3.63) is 0 Å². The quantitative estimate of drug-likeness (QED) is 0.697. The van der Waals surface area contributed by atoms with Gasteiger partial charge in [0.25, 0.3) is 0 Å². The Bertz CT molecular complexity index is 194. The van der Waals surface area contributed by atoms with Gasteiger partial charge in [0, 0.05) is 25.7 Å². The third-order valence-electron chi connectivity index (χ3n) is 3.93. The van der Waals surface area contributed by atoms with Crippen LogP contribution >= 0.6 is 0 Å². The van der Waals surface area contributed by atoms with Gasteiger partial charge >= 0.3 is 0 Å². The smallest absolute Gasteiger partial charge is 0.0109 e. The summed E-state index contributed by atoms with van der Waals surface area (Å²) in [6.45, 7) is 7.21. The van der Waals surface area contributed by atoms with Crippen molar-refractivity contribution in [3.63, 3.8) is 0 Å². The zero-order valence-electron chi connectivity index (χ0n) is 12.2. The summed E-state index contributed by atoms with van der Waals surface area (Å²) in [7, 11) is 6.44. The van der Waals surface area contributed by atoms with Crippen LogP contribution in [0.5, 0.6) is 0 Å². The van der Waals surface area contributed by atoms with Gasteiger partial charge in [-0.25, -0.2) is 0 Å². The van der Waals surface area contributed by atoms with Gasteiger partial charge in [0.15, 0.2) is 0 Å². The molecule has 0 amide bonds. The first-order valence-corrected chi connectivity index (χ1v) is 7.21. The van der Waals surface area contributed by atoms with Crippen LogP contribution in [0.3, 0.4) is 0 Å². The predicted molar refractivity (Wildman–Crippen MR) is 75.5 cm³/mol. The van der Waals surface area contributed by atoms with Gasteiger partial charge in [-0.15, -0.1) is 0 Å². The Hall–Kier alpha value is -0.120. The lowest BCUT2D eigenvalue weighted by molar-refractivity contribution is 0.198. The lowest BCUT2D eigenvalue weighted by Crippen LogP contribution is -2.40. The third-order valence-corrected chi connectivity index (χ3v) is 3.93. The summed E-state index contributed by atoms with van der Waals surface area (Å²) < 4.78 is 0. The van der Waals surface area contributed by atoms with E-state index in [0.717, 1.165) is 12.0 Å². The van der Waals surface area contributed by atoms with Crippen molar-refractivity contribution in [1.29, 1.82) is 0 Å². The zero-order valence-corrected chi connectivity index (χ0v) is 12.2. The summed E-state index contributed by atoms with van der Waals surface area (Å²) in [4.78, 5) is 4.94. The number of nitrogens with zero attached hydrogens (tertiary/aromatic N) is 2. The van der Waals surface area contributed by atoms with Gasteiger partial charge in [-0.2, -0.15) is 0 Å². The van der Waals surface area contributed by atoms with Gasteiger partial charge < -0.3 is 15.1 Å². The summed E-state index contributed by atoms with van der Waals surface area (Å²) >= 11 is 0. The molecule has 102 valence electrons. The maximum Gasteiger partial charge on any atom is 0.0109 e. The topological polar surface area (TPSA) is 18.5 Å². The fourth-order valence-electron chi connectivity index (χ4n) is 2.92. The van der Waals surface area contributed by atoms with Crippen molar-refractivity contribution < 1.29 is 0 Å². The molecule has 1 aliphatic rings. The molecule has 0 bridgehead atoms. The minimum absolute atomic E-state index is 0.758. The molecule has 3 nitrogen and oxygen atoms in total. The SMILES string of the molecule is CCCN(CCN(C)C)CC1CCCC1NC. The average molecular weight is 241 g/mol. The molecule has 0 aromatic heterocycles. The lowest BCUT2D eigenvalue weighted by atomic mass is 10.0. The van der Waals surface area contributed by atoms with Crippen molar-refractivity contribution in [2.24, 2.45) is 5.92 Å². The summed E-state index contributed by atoms with van der Waals surface area (Å²) in [5, 5.41) is 3.49. The maximum absolute atomic E-state index is 3.49. The van der Waals surface area contributed by atoms with Crippen molar-refractivity contribution >= 4 is 0 Å². The first-order valence-electron chi connectivity index (χ1n) is 7.21. The number of hydrogen-bond acceptors (Lipinski definition) is 3. The summed E-state index contributed by atoms with van der Waals surface area (Å²) in [5.74, 6) is 0.869. The number of rotatable bonds is 8. The molecule has 1 saturated carbocycles. The largest absolute Gasteiger partial charge is 0.317 e. The monoisotopic (exact) mass is 241 g/mol. The van der Waals surface area contributed by atoms with Gasteiger partial charge in [0.2, 0.25) is 0 Å². The van der Waals surface area contributed by atoms with Crippen LogP contribution in [0.25, 0.3) is 0 Å². The fourth-order valence-corrected chi connectivity index (χ4v) is 2.92. The predicted octanol–water partition coefficient (Wildman–Crippen LogP) is 1.65. The molecular weight excluding hydrogens is 210 g/mol. The summed E-state index contributed by atoms with van der Waals surface area (Å²) in [5.41, 5.74) is 0. The van der Waals surface area contributed by atoms with E-state index in [9.17, 15) is 0 Å². The van der Waals surface area contributed by atoms with Crippen molar-refractivity contribution in [3.8, 4) is 0 Å². The lowest BCUT2D eigenvalue weighted by Gasteiger charge is -2.29. The first-order chi connectivity index (χ1) is 8.17. The maximum atomic E-state index is 3.49. The summed E-state index contributed by atoms with van der Waals surface area (Å²) in [6.07, 6.45) is 5.46. The number of likely N-dealkylation sites (N-methyl/N-ethyl adjacent to an activating group) is 1. The third kappa shape index (κ3) is 5.36. The highest BCUT2D eigenvalue weighted by Gasteiger charge is 2.27. The van der Waals surface area contributed by atoms with E-state index in [-0.39, 0.29) is 0 Å². The number of hydrogen-bond donors (Lipinski definition) is 1. The normalized spacial score (nSPS) is 25.1. The molecule has 1 N–H and O–H groups in total. The zero-order chi connectivity index (χ0) is 12.7. The standard InChI is InChI=1S/C14H31N3/c1-5-9-17(11-10-16(3)4)12-13-7-6-8-14(13)15-2/h13-15H,5-12H2,1-4H3. The van der Waals surface area contributed by atoms with E-state index in [2.05, 4.69) is 43.2 Å². The molecule has 17 heavy (non-hydrogen) atoms. The first kappa shape index (κ1) is 14.9. The molecular formula is C14H31N3.